The van der Waals surface area contributed by atoms with Crippen LogP contribution in [0, 0.1) is 0 Å². The third-order valence-electron chi connectivity index (χ3n) is 2.65. The second-order valence-corrected chi connectivity index (χ2v) is 3.86. The van der Waals surface area contributed by atoms with Gasteiger partial charge in [-0.2, -0.15) is 0 Å². The summed E-state index contributed by atoms with van der Waals surface area (Å²) in [4.78, 5) is 0. The summed E-state index contributed by atoms with van der Waals surface area (Å²) in [6, 6.07) is 7.34. The highest BCUT2D eigenvalue weighted by molar-refractivity contribution is 5.31. The van der Waals surface area contributed by atoms with E-state index in [1.165, 1.54) is 0 Å². The van der Waals surface area contributed by atoms with Crippen molar-refractivity contribution < 1.29 is 14.6 Å². The molecule has 16 heavy (non-hydrogen) atoms. The first-order valence-corrected chi connectivity index (χ1v) is 5.53. The van der Waals surface area contributed by atoms with Crippen molar-refractivity contribution in [3.05, 3.63) is 29.8 Å². The number of ether oxygens (including phenoxy) is 2. The molecule has 4 nitrogen and oxygen atoms in total. The summed E-state index contributed by atoms with van der Waals surface area (Å²) in [6.45, 7) is 2.61. The Balaban J connectivity index is 1.73. The number of para-hydroxylation sites is 1. The molecule has 1 fully saturated rings. The van der Waals surface area contributed by atoms with E-state index in [0.29, 0.717) is 19.1 Å². The Hall–Kier alpha value is -1.10. The molecule has 0 amide bonds. The van der Waals surface area contributed by atoms with Crippen LogP contribution < -0.4 is 5.32 Å². The molecule has 0 spiro atoms. The van der Waals surface area contributed by atoms with Gasteiger partial charge in [0.25, 0.3) is 0 Å². The van der Waals surface area contributed by atoms with Crippen molar-refractivity contribution in [1.29, 1.82) is 0 Å². The molecule has 0 radical (unpaired) electrons. The number of nitrogens with one attached hydrogen (secondary N) is 1. The lowest BCUT2D eigenvalue weighted by atomic mass is 10.2. The highest BCUT2D eigenvalue weighted by Gasteiger charge is 2.13. The second kappa shape index (κ2) is 5.84. The zero-order valence-electron chi connectivity index (χ0n) is 9.19. The van der Waals surface area contributed by atoms with E-state index in [0.717, 1.165) is 25.1 Å². The third-order valence-corrected chi connectivity index (χ3v) is 2.65. The van der Waals surface area contributed by atoms with Gasteiger partial charge in [0.1, 0.15) is 12.5 Å². The van der Waals surface area contributed by atoms with Crippen molar-refractivity contribution in [2.24, 2.45) is 0 Å². The summed E-state index contributed by atoms with van der Waals surface area (Å²) in [6.07, 6.45) is 1.15. The predicted octanol–water partition coefficient (Wildman–Crippen LogP) is 1.24. The number of rotatable bonds is 4. The van der Waals surface area contributed by atoms with Gasteiger partial charge in [0, 0.05) is 18.7 Å². The Labute approximate surface area is 95.2 Å². The van der Waals surface area contributed by atoms with E-state index < -0.39 is 0 Å². The van der Waals surface area contributed by atoms with Gasteiger partial charge in [-0.05, 0) is 12.5 Å². The maximum atomic E-state index is 9.56. The molecule has 0 bridgehead atoms. The Bertz CT molecular complexity index is 324. The number of benzene rings is 1. The molecule has 0 aliphatic carbocycles. The molecule has 2 N–H and O–H groups in total. The predicted molar refractivity (Wildman–Crippen MR) is 60.1 cm³/mol. The lowest BCUT2D eigenvalue weighted by Crippen LogP contribution is -2.33. The summed E-state index contributed by atoms with van der Waals surface area (Å²) in [7, 11) is 0. The molecule has 4 heteroatoms. The van der Waals surface area contributed by atoms with Crippen LogP contribution in [0.15, 0.2) is 24.3 Å². The first-order chi connectivity index (χ1) is 7.86. The molecule has 1 unspecified atom stereocenters. The second-order valence-electron chi connectivity index (χ2n) is 3.86. The highest BCUT2D eigenvalue weighted by Crippen LogP contribution is 2.15. The molecule has 1 saturated heterocycles. The fraction of sp³-hybridized carbons (Fsp3) is 0.500. The third kappa shape index (κ3) is 3.20. The average Bonchev–Trinajstić information content (AvgIpc) is 2.33. The van der Waals surface area contributed by atoms with Gasteiger partial charge in [0.05, 0.1) is 12.7 Å². The highest BCUT2D eigenvalue weighted by atomic mass is 16.7. The number of phenols is 1. The van der Waals surface area contributed by atoms with Crippen molar-refractivity contribution in [3.8, 4) is 5.75 Å². The van der Waals surface area contributed by atoms with Crippen LogP contribution in [0.4, 0.5) is 0 Å². The Morgan fingerprint density at radius 1 is 1.38 bits per heavy atom. The molecule has 1 aliphatic heterocycles. The van der Waals surface area contributed by atoms with Crippen molar-refractivity contribution in [3.63, 3.8) is 0 Å². The molecular weight excluding hydrogens is 206 g/mol. The summed E-state index contributed by atoms with van der Waals surface area (Å²) >= 11 is 0. The van der Waals surface area contributed by atoms with Gasteiger partial charge >= 0.3 is 0 Å². The molecule has 1 aromatic rings. The quantitative estimate of drug-likeness (QED) is 0.806. The number of phenolic OH excluding ortho intramolecular Hbond substituents is 1. The minimum atomic E-state index is 0.222. The van der Waals surface area contributed by atoms with E-state index in [1.807, 2.05) is 18.2 Å². The Morgan fingerprint density at radius 3 is 3.00 bits per heavy atom. The van der Waals surface area contributed by atoms with Gasteiger partial charge in [0.2, 0.25) is 0 Å². The van der Waals surface area contributed by atoms with Crippen molar-refractivity contribution >= 4 is 0 Å². The maximum Gasteiger partial charge on any atom is 0.147 e. The molecule has 1 aliphatic rings. The minimum Gasteiger partial charge on any atom is -0.508 e. The lowest BCUT2D eigenvalue weighted by molar-refractivity contribution is -0.137. The summed E-state index contributed by atoms with van der Waals surface area (Å²) < 4.78 is 10.5. The first-order valence-electron chi connectivity index (χ1n) is 5.53. The molecule has 1 aromatic carbocycles. The van der Waals surface area contributed by atoms with Gasteiger partial charge < -0.3 is 19.9 Å². The monoisotopic (exact) mass is 223 g/mol. The van der Waals surface area contributed by atoms with Crippen LogP contribution in [0.3, 0.4) is 0 Å². The zero-order valence-corrected chi connectivity index (χ0v) is 9.19. The number of aromatic hydroxyl groups is 1. The fourth-order valence-corrected chi connectivity index (χ4v) is 1.69. The van der Waals surface area contributed by atoms with E-state index in [-0.39, 0.29) is 6.10 Å². The van der Waals surface area contributed by atoms with E-state index >= 15 is 0 Å². The van der Waals surface area contributed by atoms with Gasteiger partial charge in [-0.15, -0.1) is 0 Å². The van der Waals surface area contributed by atoms with Gasteiger partial charge in [0.15, 0.2) is 0 Å². The molecule has 1 atom stereocenters. The summed E-state index contributed by atoms with van der Waals surface area (Å²) in [5, 5.41) is 12.8. The van der Waals surface area contributed by atoms with Crippen LogP contribution in [0.25, 0.3) is 0 Å². The van der Waals surface area contributed by atoms with Crippen LogP contribution in [-0.4, -0.2) is 31.2 Å². The van der Waals surface area contributed by atoms with Crippen LogP contribution >= 0.6 is 0 Å². The number of hydrogen-bond acceptors (Lipinski definition) is 4. The molecule has 0 aromatic heterocycles. The smallest absolute Gasteiger partial charge is 0.147 e. The van der Waals surface area contributed by atoms with Crippen molar-refractivity contribution in [2.75, 3.05) is 19.9 Å². The van der Waals surface area contributed by atoms with E-state index in [1.54, 1.807) is 6.07 Å². The molecule has 1 heterocycles. The molecular formula is C12H17NO3. The lowest BCUT2D eigenvalue weighted by Gasteiger charge is -2.23. The van der Waals surface area contributed by atoms with Gasteiger partial charge in [-0.25, -0.2) is 0 Å². The van der Waals surface area contributed by atoms with Crippen molar-refractivity contribution in [2.45, 2.75) is 19.1 Å². The molecule has 88 valence electrons. The van der Waals surface area contributed by atoms with Crippen LogP contribution in [0.5, 0.6) is 5.75 Å². The maximum absolute atomic E-state index is 9.56. The van der Waals surface area contributed by atoms with Crippen LogP contribution in [0.2, 0.25) is 0 Å². The average molecular weight is 223 g/mol. The largest absolute Gasteiger partial charge is 0.508 e. The SMILES string of the molecule is Oc1ccccc1CNCC1CCOCO1. The molecule has 0 saturated carbocycles. The first kappa shape index (κ1) is 11.4. The topological polar surface area (TPSA) is 50.7 Å². The summed E-state index contributed by atoms with van der Waals surface area (Å²) in [5.41, 5.74) is 0.912. The summed E-state index contributed by atoms with van der Waals surface area (Å²) in [5.74, 6) is 0.336. The normalized spacial score (nSPS) is 20.9. The van der Waals surface area contributed by atoms with Gasteiger partial charge in [-0.1, -0.05) is 18.2 Å². The molecule has 2 rings (SSSR count). The minimum absolute atomic E-state index is 0.222. The Morgan fingerprint density at radius 2 is 2.25 bits per heavy atom. The Kier molecular flexibility index (Phi) is 4.16. The van der Waals surface area contributed by atoms with Crippen LogP contribution in [0.1, 0.15) is 12.0 Å². The number of hydrogen-bond donors (Lipinski definition) is 2. The zero-order chi connectivity index (χ0) is 11.2. The van der Waals surface area contributed by atoms with E-state index in [4.69, 9.17) is 9.47 Å². The van der Waals surface area contributed by atoms with Crippen molar-refractivity contribution in [1.82, 2.24) is 5.32 Å². The standard InChI is InChI=1S/C12H17NO3/c14-12-4-2-1-3-10(12)7-13-8-11-5-6-15-9-16-11/h1-4,11,13-14H,5-9H2. The fourth-order valence-electron chi connectivity index (χ4n) is 1.69. The van der Waals surface area contributed by atoms with Gasteiger partial charge in [-0.3, -0.25) is 0 Å². The van der Waals surface area contributed by atoms with E-state index in [2.05, 4.69) is 5.32 Å². The van der Waals surface area contributed by atoms with E-state index in [9.17, 15) is 5.11 Å². The van der Waals surface area contributed by atoms with Crippen LogP contribution in [-0.2, 0) is 16.0 Å².